The third kappa shape index (κ3) is 4.71. The minimum absolute atomic E-state index is 0.0549. The first-order valence-electron chi connectivity index (χ1n) is 12.0. The van der Waals surface area contributed by atoms with Crippen molar-refractivity contribution in [3.63, 3.8) is 0 Å². The Bertz CT molecular complexity index is 918. The third-order valence-corrected chi connectivity index (χ3v) is 6.95. The van der Waals surface area contributed by atoms with Crippen molar-refractivity contribution in [1.82, 2.24) is 14.7 Å². The molecule has 3 heterocycles. The molecule has 0 N–H and O–H groups in total. The summed E-state index contributed by atoms with van der Waals surface area (Å²) >= 11 is 0. The van der Waals surface area contributed by atoms with Gasteiger partial charge >= 0.3 is 0 Å². The van der Waals surface area contributed by atoms with Gasteiger partial charge in [0.1, 0.15) is 5.71 Å². The van der Waals surface area contributed by atoms with Crippen LogP contribution in [0.1, 0.15) is 30.9 Å². The SMILES string of the molecule is O=C(C1=NN(c2ccccc2)C(c2ccccc2)C1)N1CCN(CCN2CCCC2)CC1. The normalized spacial score (nSPS) is 22.4. The first-order chi connectivity index (χ1) is 15.8. The maximum absolute atomic E-state index is 13.4. The summed E-state index contributed by atoms with van der Waals surface area (Å²) in [5.74, 6) is 0.101. The maximum atomic E-state index is 13.4. The van der Waals surface area contributed by atoms with Crippen LogP contribution >= 0.6 is 0 Å². The van der Waals surface area contributed by atoms with Gasteiger partial charge in [0.25, 0.3) is 5.91 Å². The van der Waals surface area contributed by atoms with Crippen molar-refractivity contribution in [1.29, 1.82) is 0 Å². The molecule has 5 rings (SSSR count). The zero-order valence-corrected chi connectivity index (χ0v) is 18.8. The number of hydrazone groups is 1. The Morgan fingerprint density at radius 3 is 2.03 bits per heavy atom. The van der Waals surface area contributed by atoms with Gasteiger partial charge in [-0.2, -0.15) is 5.10 Å². The number of hydrogen-bond donors (Lipinski definition) is 0. The molecule has 6 nitrogen and oxygen atoms in total. The molecule has 3 aliphatic heterocycles. The van der Waals surface area contributed by atoms with Crippen LogP contribution in [0.4, 0.5) is 5.69 Å². The number of piperazine rings is 1. The Hall–Kier alpha value is -2.70. The van der Waals surface area contributed by atoms with Crippen molar-refractivity contribution in [3.05, 3.63) is 66.2 Å². The number of likely N-dealkylation sites (tertiary alicyclic amines) is 1. The molecule has 32 heavy (non-hydrogen) atoms. The highest BCUT2D eigenvalue weighted by molar-refractivity contribution is 6.39. The largest absolute Gasteiger partial charge is 0.335 e. The van der Waals surface area contributed by atoms with Crippen LogP contribution in [-0.4, -0.2) is 78.7 Å². The summed E-state index contributed by atoms with van der Waals surface area (Å²) in [5.41, 5.74) is 2.89. The molecule has 0 radical (unpaired) electrons. The fourth-order valence-electron chi connectivity index (χ4n) is 5.04. The van der Waals surface area contributed by atoms with Gasteiger partial charge in [-0.1, -0.05) is 48.5 Å². The summed E-state index contributed by atoms with van der Waals surface area (Å²) in [5, 5.41) is 6.86. The fraction of sp³-hybridized carbons (Fsp3) is 0.462. The molecule has 0 saturated carbocycles. The van der Waals surface area contributed by atoms with Crippen molar-refractivity contribution in [3.8, 4) is 0 Å². The summed E-state index contributed by atoms with van der Waals surface area (Å²) in [4.78, 5) is 20.4. The van der Waals surface area contributed by atoms with Crippen molar-refractivity contribution in [2.45, 2.75) is 25.3 Å². The number of benzene rings is 2. The van der Waals surface area contributed by atoms with Crippen LogP contribution in [0.15, 0.2) is 65.8 Å². The smallest absolute Gasteiger partial charge is 0.270 e. The Morgan fingerprint density at radius 2 is 1.38 bits per heavy atom. The Balaban J connectivity index is 1.23. The second-order valence-electron chi connectivity index (χ2n) is 9.04. The fourth-order valence-corrected chi connectivity index (χ4v) is 5.04. The number of amides is 1. The van der Waals surface area contributed by atoms with Crippen molar-refractivity contribution >= 4 is 17.3 Å². The predicted octanol–water partition coefficient (Wildman–Crippen LogP) is 3.23. The second-order valence-corrected chi connectivity index (χ2v) is 9.04. The van der Waals surface area contributed by atoms with E-state index in [1.54, 1.807) is 0 Å². The quantitative estimate of drug-likeness (QED) is 0.704. The van der Waals surface area contributed by atoms with E-state index in [0.29, 0.717) is 12.1 Å². The van der Waals surface area contributed by atoms with Gasteiger partial charge < -0.3 is 9.80 Å². The molecule has 1 atom stereocenters. The monoisotopic (exact) mass is 431 g/mol. The highest BCUT2D eigenvalue weighted by Crippen LogP contribution is 2.35. The molecule has 0 spiro atoms. The van der Waals surface area contributed by atoms with E-state index in [9.17, 15) is 4.79 Å². The molecule has 3 aliphatic rings. The number of carbonyl (C=O) groups excluding carboxylic acids is 1. The molecule has 2 saturated heterocycles. The summed E-state index contributed by atoms with van der Waals surface area (Å²) < 4.78 is 0. The van der Waals surface area contributed by atoms with Gasteiger partial charge in [-0.15, -0.1) is 0 Å². The van der Waals surface area contributed by atoms with Crippen LogP contribution in [-0.2, 0) is 4.79 Å². The zero-order chi connectivity index (χ0) is 21.8. The lowest BCUT2D eigenvalue weighted by Crippen LogP contribution is -2.51. The molecule has 6 heteroatoms. The van der Waals surface area contributed by atoms with Gasteiger partial charge in [-0.05, 0) is 43.6 Å². The standard InChI is InChI=1S/C26H33N5O/c32-26(30-19-17-29(18-20-30)16-15-28-13-7-8-14-28)24-21-25(22-9-3-1-4-10-22)31(27-24)23-11-5-2-6-12-23/h1-6,9-12,25H,7-8,13-21H2. The topological polar surface area (TPSA) is 42.4 Å². The van der Waals surface area contributed by atoms with Crippen LogP contribution in [0.5, 0.6) is 0 Å². The van der Waals surface area contributed by atoms with Crippen molar-refractivity contribution < 1.29 is 4.79 Å². The van der Waals surface area contributed by atoms with Crippen LogP contribution in [0, 0.1) is 0 Å². The molecule has 1 unspecified atom stereocenters. The lowest BCUT2D eigenvalue weighted by atomic mass is 10.0. The van der Waals surface area contributed by atoms with E-state index in [0.717, 1.165) is 45.0 Å². The molecule has 168 valence electrons. The average Bonchev–Trinajstić information content (AvgIpc) is 3.54. The predicted molar refractivity (Wildman–Crippen MR) is 129 cm³/mol. The Kier molecular flexibility index (Phi) is 6.51. The Labute approximate surface area is 191 Å². The van der Waals surface area contributed by atoms with Gasteiger partial charge in [-0.25, -0.2) is 0 Å². The van der Waals surface area contributed by atoms with E-state index in [1.807, 2.05) is 34.2 Å². The van der Waals surface area contributed by atoms with Gasteiger partial charge in [0.05, 0.1) is 11.7 Å². The van der Waals surface area contributed by atoms with Crippen molar-refractivity contribution in [2.75, 3.05) is 57.4 Å². The van der Waals surface area contributed by atoms with Crippen LogP contribution in [0.3, 0.4) is 0 Å². The highest BCUT2D eigenvalue weighted by atomic mass is 16.2. The van der Waals surface area contributed by atoms with Gasteiger partial charge in [0.15, 0.2) is 0 Å². The number of rotatable bonds is 6. The van der Waals surface area contributed by atoms with Crippen LogP contribution in [0.25, 0.3) is 0 Å². The lowest BCUT2D eigenvalue weighted by Gasteiger charge is -2.35. The third-order valence-electron chi connectivity index (χ3n) is 6.95. The molecule has 1 amide bonds. The molecule has 0 aliphatic carbocycles. The second kappa shape index (κ2) is 9.84. The number of anilines is 1. The summed E-state index contributed by atoms with van der Waals surface area (Å²) in [6.07, 6.45) is 3.33. The Morgan fingerprint density at radius 1 is 0.781 bits per heavy atom. The van der Waals surface area contributed by atoms with Gasteiger partial charge in [0.2, 0.25) is 0 Å². The first-order valence-corrected chi connectivity index (χ1v) is 12.0. The highest BCUT2D eigenvalue weighted by Gasteiger charge is 2.35. The molecular formula is C26H33N5O. The minimum atomic E-state index is 0.0549. The number of carbonyl (C=O) groups is 1. The average molecular weight is 432 g/mol. The molecule has 2 aromatic carbocycles. The summed E-state index contributed by atoms with van der Waals surface area (Å²) in [7, 11) is 0. The van der Waals surface area contributed by atoms with Gasteiger partial charge in [0, 0.05) is 45.7 Å². The van der Waals surface area contributed by atoms with Gasteiger partial charge in [-0.3, -0.25) is 14.7 Å². The van der Waals surface area contributed by atoms with Crippen LogP contribution < -0.4 is 5.01 Å². The van der Waals surface area contributed by atoms with E-state index in [4.69, 9.17) is 5.10 Å². The number of para-hydroxylation sites is 1. The van der Waals surface area contributed by atoms with E-state index >= 15 is 0 Å². The zero-order valence-electron chi connectivity index (χ0n) is 18.8. The van der Waals surface area contributed by atoms with E-state index in [1.165, 1.54) is 31.5 Å². The summed E-state index contributed by atoms with van der Waals surface area (Å²) in [6.45, 7) is 8.26. The van der Waals surface area contributed by atoms with Crippen LogP contribution in [0.2, 0.25) is 0 Å². The molecule has 2 aromatic rings. The maximum Gasteiger partial charge on any atom is 0.270 e. The minimum Gasteiger partial charge on any atom is -0.335 e. The van der Waals surface area contributed by atoms with Crippen molar-refractivity contribution in [2.24, 2.45) is 5.10 Å². The molecule has 0 aromatic heterocycles. The molecule has 0 bridgehead atoms. The van der Waals surface area contributed by atoms with E-state index in [-0.39, 0.29) is 11.9 Å². The van der Waals surface area contributed by atoms with E-state index < -0.39 is 0 Å². The first kappa shape index (κ1) is 21.2. The number of hydrogen-bond acceptors (Lipinski definition) is 5. The number of nitrogens with zero attached hydrogens (tertiary/aromatic N) is 5. The molecule has 2 fully saturated rings. The lowest BCUT2D eigenvalue weighted by molar-refractivity contribution is -0.125. The van der Waals surface area contributed by atoms with E-state index in [2.05, 4.69) is 46.2 Å². The molecular weight excluding hydrogens is 398 g/mol. The summed E-state index contributed by atoms with van der Waals surface area (Å²) in [6, 6.07) is 20.6.